The maximum absolute atomic E-state index is 14.3. The smallest absolute Gasteiger partial charge is 0.417 e. The molecule has 1 unspecified atom stereocenters. The third kappa shape index (κ3) is 8.80. The Morgan fingerprint density at radius 3 is 2.54 bits per heavy atom. The average Bonchev–Trinajstić information content (AvgIpc) is 3.74. The highest BCUT2D eigenvalue weighted by molar-refractivity contribution is 7.21. The van der Waals surface area contributed by atoms with E-state index in [1.807, 2.05) is 31.1 Å². The number of pyridine rings is 1. The number of carbonyl (C=O) groups is 3. The zero-order valence-corrected chi connectivity index (χ0v) is 30.7. The summed E-state index contributed by atoms with van der Waals surface area (Å²) < 4.78 is 55.2. The van der Waals surface area contributed by atoms with Crippen molar-refractivity contribution in [1.82, 2.24) is 20.2 Å². The summed E-state index contributed by atoms with van der Waals surface area (Å²) in [5.41, 5.74) is 2.90. The lowest BCUT2D eigenvalue weighted by molar-refractivity contribution is -0.137. The molecule has 2 N–H and O–H groups in total. The van der Waals surface area contributed by atoms with Gasteiger partial charge in [-0.1, -0.05) is 12.1 Å². The number of thiazole rings is 1. The fourth-order valence-electron chi connectivity index (χ4n) is 6.08. The molecule has 0 radical (unpaired) electrons. The first-order valence-electron chi connectivity index (χ1n) is 17.3. The molecule has 6 rings (SSSR count). The molecule has 2 aromatic heterocycles. The van der Waals surface area contributed by atoms with Crippen LogP contribution in [0.4, 0.5) is 24.7 Å². The molecule has 0 aliphatic carbocycles. The van der Waals surface area contributed by atoms with Gasteiger partial charge in [-0.05, 0) is 72.1 Å². The van der Waals surface area contributed by atoms with Gasteiger partial charge in [0.2, 0.25) is 5.91 Å². The van der Waals surface area contributed by atoms with Crippen LogP contribution in [0.15, 0.2) is 72.9 Å². The molecule has 11 nitrogen and oxygen atoms in total. The highest BCUT2D eigenvalue weighted by Crippen LogP contribution is 2.42. The molecule has 1 aliphatic heterocycles. The van der Waals surface area contributed by atoms with E-state index in [1.54, 1.807) is 48.7 Å². The first kappa shape index (κ1) is 38.2. The SMILES string of the molecule is CNC(=O)CCC(C=O)N1Cc2cc(OCCOCCNc3ccc4nc(-c5ccc(-c6ccc(N(C)C)nc6)cc5C(F)(F)F)sc4c3)ccc2C1=O. The molecule has 0 saturated heterocycles. The number of hydrogen-bond donors (Lipinski definition) is 2. The van der Waals surface area contributed by atoms with Crippen molar-refractivity contribution in [2.75, 3.05) is 57.7 Å². The minimum atomic E-state index is -4.58. The van der Waals surface area contributed by atoms with Crippen molar-refractivity contribution in [2.24, 2.45) is 0 Å². The summed E-state index contributed by atoms with van der Waals surface area (Å²) in [6.07, 6.45) is -1.93. The molecule has 282 valence electrons. The van der Waals surface area contributed by atoms with E-state index in [1.165, 1.54) is 29.4 Å². The molecule has 3 heterocycles. The number of nitrogens with one attached hydrogen (secondary N) is 2. The summed E-state index contributed by atoms with van der Waals surface area (Å²) in [5.74, 6) is 0.831. The first-order valence-corrected chi connectivity index (χ1v) is 18.1. The molecular weight excluding hydrogens is 722 g/mol. The highest BCUT2D eigenvalue weighted by Gasteiger charge is 2.35. The predicted octanol–water partition coefficient (Wildman–Crippen LogP) is 6.67. The number of halogens is 3. The summed E-state index contributed by atoms with van der Waals surface area (Å²) in [4.78, 5) is 48.3. The number of amides is 2. The summed E-state index contributed by atoms with van der Waals surface area (Å²) in [7, 11) is 5.21. The van der Waals surface area contributed by atoms with Crippen molar-refractivity contribution in [2.45, 2.75) is 31.6 Å². The minimum absolute atomic E-state index is 0.0202. The summed E-state index contributed by atoms with van der Waals surface area (Å²) in [5, 5.41) is 6.07. The number of hydrogen-bond acceptors (Lipinski definition) is 10. The number of ether oxygens (including phenoxy) is 2. The predicted molar refractivity (Wildman–Crippen MR) is 202 cm³/mol. The van der Waals surface area contributed by atoms with Crippen LogP contribution in [-0.2, 0) is 27.0 Å². The maximum atomic E-state index is 14.3. The average molecular weight is 761 g/mol. The number of alkyl halides is 3. The molecule has 1 atom stereocenters. The third-order valence-corrected chi connectivity index (χ3v) is 10.0. The van der Waals surface area contributed by atoms with Crippen LogP contribution in [0, 0.1) is 0 Å². The molecule has 0 saturated carbocycles. The molecule has 0 spiro atoms. The van der Waals surface area contributed by atoms with Crippen molar-refractivity contribution in [1.29, 1.82) is 0 Å². The highest BCUT2D eigenvalue weighted by atomic mass is 32.1. The number of rotatable bonds is 16. The van der Waals surface area contributed by atoms with Gasteiger partial charge in [-0.25, -0.2) is 9.97 Å². The molecule has 2 amide bonds. The van der Waals surface area contributed by atoms with E-state index in [9.17, 15) is 27.6 Å². The second-order valence-corrected chi connectivity index (χ2v) is 13.8. The van der Waals surface area contributed by atoms with Crippen molar-refractivity contribution in [3.05, 3.63) is 89.6 Å². The van der Waals surface area contributed by atoms with Crippen LogP contribution in [0.5, 0.6) is 5.75 Å². The summed E-state index contributed by atoms with van der Waals surface area (Å²) in [6, 6.07) is 17.7. The van der Waals surface area contributed by atoms with Crippen LogP contribution in [-0.4, -0.2) is 86.5 Å². The Kier molecular flexibility index (Phi) is 11.8. The van der Waals surface area contributed by atoms with Gasteiger partial charge in [0.25, 0.3) is 5.91 Å². The second kappa shape index (κ2) is 16.6. The zero-order chi connectivity index (χ0) is 38.4. The number of carbonyl (C=O) groups excluding carboxylic acids is 3. The Morgan fingerprint density at radius 1 is 1.02 bits per heavy atom. The lowest BCUT2D eigenvalue weighted by atomic mass is 10.00. The van der Waals surface area contributed by atoms with E-state index in [0.717, 1.165) is 22.0 Å². The zero-order valence-electron chi connectivity index (χ0n) is 29.9. The van der Waals surface area contributed by atoms with Gasteiger partial charge >= 0.3 is 6.18 Å². The normalized spacial score (nSPS) is 13.1. The monoisotopic (exact) mass is 760 g/mol. The second-order valence-electron chi connectivity index (χ2n) is 12.8. The molecule has 3 aromatic carbocycles. The molecule has 54 heavy (non-hydrogen) atoms. The number of anilines is 2. The van der Waals surface area contributed by atoms with Crippen LogP contribution < -0.4 is 20.3 Å². The van der Waals surface area contributed by atoms with Crippen molar-refractivity contribution in [3.8, 4) is 27.4 Å². The van der Waals surface area contributed by atoms with E-state index in [-0.39, 0.29) is 48.4 Å². The topological polar surface area (TPSA) is 126 Å². The van der Waals surface area contributed by atoms with Crippen molar-refractivity contribution >= 4 is 51.2 Å². The van der Waals surface area contributed by atoms with Crippen molar-refractivity contribution in [3.63, 3.8) is 0 Å². The van der Waals surface area contributed by atoms with E-state index < -0.39 is 17.8 Å². The van der Waals surface area contributed by atoms with Gasteiger partial charge in [0.15, 0.2) is 0 Å². The van der Waals surface area contributed by atoms with Crippen LogP contribution in [0.3, 0.4) is 0 Å². The van der Waals surface area contributed by atoms with Crippen LogP contribution in [0.2, 0.25) is 0 Å². The number of aldehydes is 1. The lowest BCUT2D eigenvalue weighted by Crippen LogP contribution is -2.37. The van der Waals surface area contributed by atoms with Gasteiger partial charge in [-0.15, -0.1) is 11.3 Å². The van der Waals surface area contributed by atoms with Gasteiger partial charge in [0, 0.05) is 69.2 Å². The molecular formula is C39H39F3N6O5S. The number of fused-ring (bicyclic) bond motifs is 2. The Labute approximate surface area is 314 Å². The van der Waals surface area contributed by atoms with Crippen LogP contribution in [0.1, 0.15) is 34.3 Å². The Bertz CT molecular complexity index is 2140. The van der Waals surface area contributed by atoms with Crippen LogP contribution >= 0.6 is 11.3 Å². The van der Waals surface area contributed by atoms with Gasteiger partial charge in [0.1, 0.15) is 29.5 Å². The third-order valence-electron chi connectivity index (χ3n) is 8.97. The molecule has 1 aliphatic rings. The fraction of sp³-hybridized carbons (Fsp3) is 0.308. The van der Waals surface area contributed by atoms with Crippen molar-refractivity contribution < 1.29 is 37.0 Å². The Morgan fingerprint density at radius 2 is 1.81 bits per heavy atom. The maximum Gasteiger partial charge on any atom is 0.417 e. The minimum Gasteiger partial charge on any atom is -0.491 e. The first-order chi connectivity index (χ1) is 25.9. The summed E-state index contributed by atoms with van der Waals surface area (Å²) >= 11 is 1.20. The number of nitrogens with zero attached hydrogens (tertiary/aromatic N) is 4. The molecule has 0 bridgehead atoms. The van der Waals surface area contributed by atoms with Gasteiger partial charge in [-0.2, -0.15) is 13.2 Å². The molecule has 0 fully saturated rings. The van der Waals surface area contributed by atoms with E-state index in [2.05, 4.69) is 20.6 Å². The lowest BCUT2D eigenvalue weighted by Gasteiger charge is -2.22. The number of aromatic nitrogens is 2. The van der Waals surface area contributed by atoms with Gasteiger partial charge in [0.05, 0.1) is 35.0 Å². The number of benzene rings is 3. The Balaban J connectivity index is 0.992. The van der Waals surface area contributed by atoms with E-state index in [4.69, 9.17) is 9.47 Å². The molecule has 5 aromatic rings. The fourth-order valence-corrected chi connectivity index (χ4v) is 7.13. The van der Waals surface area contributed by atoms with E-state index >= 15 is 0 Å². The quantitative estimate of drug-likeness (QED) is 0.0839. The van der Waals surface area contributed by atoms with E-state index in [0.29, 0.717) is 59.8 Å². The summed E-state index contributed by atoms with van der Waals surface area (Å²) in [6.45, 7) is 1.70. The van der Waals surface area contributed by atoms with Crippen LogP contribution in [0.25, 0.3) is 31.9 Å². The largest absolute Gasteiger partial charge is 0.491 e. The molecule has 15 heteroatoms. The van der Waals surface area contributed by atoms with Gasteiger partial charge in [-0.3, -0.25) is 9.59 Å². The van der Waals surface area contributed by atoms with Gasteiger partial charge < -0.3 is 34.7 Å². The standard InChI is InChI=1S/C39H39F3N6O5S/c1-43-36(50)13-7-28(23-49)48-22-26-18-29(8-10-30(26)38(48)51)53-17-16-52-15-14-44-27-6-11-33-34(20-27)54-37(46-33)31-9-4-24(19-32(31)39(40,41)42)25-5-12-35(45-21-25)47(2)3/h4-6,8-12,18-21,23,28,44H,7,13-17,22H2,1-3H3,(H,43,50). The Hall–Kier alpha value is -5.54.